The maximum Gasteiger partial charge on any atom is 0.266 e. The zero-order valence-corrected chi connectivity index (χ0v) is 44.6. The van der Waals surface area contributed by atoms with Crippen molar-refractivity contribution in [3.05, 3.63) is 271 Å². The van der Waals surface area contributed by atoms with Gasteiger partial charge in [0.25, 0.3) is 11.8 Å². The van der Waals surface area contributed by atoms with E-state index in [1.165, 1.54) is 32.7 Å². The van der Waals surface area contributed by atoms with Crippen LogP contribution in [0.5, 0.6) is 0 Å². The molecule has 13 aromatic carbocycles. The molecule has 1 heterocycles. The van der Waals surface area contributed by atoms with Gasteiger partial charge in [0.05, 0.1) is 5.69 Å². The quantitative estimate of drug-likeness (QED) is 0.0778. The minimum absolute atomic E-state index is 0.111. The van der Waals surface area contributed by atoms with Crippen LogP contribution in [-0.2, 0) is 0 Å². The Labute approximate surface area is 461 Å². The number of hydrogen-bond acceptors (Lipinski definition) is 2. The minimum atomic E-state index is -0.275. The van der Waals surface area contributed by atoms with Gasteiger partial charge in [-0.15, -0.1) is 0 Å². The summed E-state index contributed by atoms with van der Waals surface area (Å²) in [5.41, 5.74) is 19.9. The average Bonchev–Trinajstić information content (AvgIpc) is 2.89. The number of rotatable bonds is 10. The van der Waals surface area contributed by atoms with Gasteiger partial charge in [-0.3, -0.25) is 9.59 Å². The van der Waals surface area contributed by atoms with E-state index in [1.54, 1.807) is 0 Å². The number of amides is 2. The molecule has 14 rings (SSSR count). The Morgan fingerprint density at radius 1 is 0.266 bits per heavy atom. The second kappa shape index (κ2) is 19.1. The van der Waals surface area contributed by atoms with Crippen molar-refractivity contribution in [2.24, 2.45) is 0 Å². The van der Waals surface area contributed by atoms with Gasteiger partial charge in [0.15, 0.2) is 0 Å². The summed E-state index contributed by atoms with van der Waals surface area (Å²) in [7, 11) is 0. The first-order valence-corrected chi connectivity index (χ1v) is 27.6. The van der Waals surface area contributed by atoms with Gasteiger partial charge in [-0.25, -0.2) is 4.90 Å². The van der Waals surface area contributed by atoms with Crippen LogP contribution in [0.2, 0.25) is 0 Å². The van der Waals surface area contributed by atoms with E-state index in [0.717, 1.165) is 110 Å². The molecular formula is C76H55NO2. The van der Waals surface area contributed by atoms with E-state index in [0.29, 0.717) is 11.1 Å². The molecule has 0 fully saturated rings. The minimum Gasteiger partial charge on any atom is -0.268 e. The van der Waals surface area contributed by atoms with Gasteiger partial charge >= 0.3 is 0 Å². The molecule has 0 unspecified atom stereocenters. The third-order valence-corrected chi connectivity index (χ3v) is 16.5. The van der Waals surface area contributed by atoms with Crippen LogP contribution < -0.4 is 4.90 Å². The van der Waals surface area contributed by atoms with Gasteiger partial charge in [-0.1, -0.05) is 258 Å². The molecule has 0 saturated heterocycles. The highest BCUT2D eigenvalue weighted by Crippen LogP contribution is 2.57. The second-order valence-corrected chi connectivity index (χ2v) is 21.7. The molecule has 0 aliphatic carbocycles. The standard InChI is InChI=1S/C76H55NO2/c1-46(2)55-35-21-36-56(47(3)4)74(55)77-75(78)63-43-41-61-59-38-22-37-58-57(39-40-60(71(58)59)62-42-44-64(76(77)79)73(63)72(61)62)53-33-20-34-54(45-53)70-68(51-29-16-8-17-30-51)66(49-25-12-6-13-26-49)65(48-23-10-5-11-24-48)67(50-27-14-7-15-28-50)69(70)52-31-18-9-19-32-52/h5-47H,1-4H3. The van der Waals surface area contributed by atoms with Gasteiger partial charge in [0.2, 0.25) is 0 Å². The summed E-state index contributed by atoms with van der Waals surface area (Å²) >= 11 is 0. The van der Waals surface area contributed by atoms with Crippen molar-refractivity contribution < 1.29 is 9.59 Å². The number of hydrogen-bond donors (Lipinski definition) is 0. The Bertz CT molecular complexity index is 4340. The summed E-state index contributed by atoms with van der Waals surface area (Å²) in [6.07, 6.45) is 0. The molecule has 0 saturated carbocycles. The van der Waals surface area contributed by atoms with Gasteiger partial charge in [0.1, 0.15) is 0 Å². The fraction of sp³-hybridized carbons (Fsp3) is 0.0789. The smallest absolute Gasteiger partial charge is 0.266 e. The first-order chi connectivity index (χ1) is 38.8. The first-order valence-electron chi connectivity index (χ1n) is 27.6. The summed E-state index contributed by atoms with van der Waals surface area (Å²) in [6, 6.07) is 89.2. The number of para-hydroxylation sites is 1. The first kappa shape index (κ1) is 47.7. The van der Waals surface area contributed by atoms with Crippen molar-refractivity contribution in [1.82, 2.24) is 0 Å². The molecule has 1 aliphatic heterocycles. The number of carbonyl (C=O) groups excluding carboxylic acids is 2. The number of fused-ring (bicyclic) bond motifs is 2. The normalized spacial score (nSPS) is 12.6. The van der Waals surface area contributed by atoms with E-state index in [9.17, 15) is 0 Å². The van der Waals surface area contributed by atoms with Gasteiger partial charge in [-0.2, -0.15) is 0 Å². The Balaban J connectivity index is 1.02. The monoisotopic (exact) mass is 1010 g/mol. The van der Waals surface area contributed by atoms with Crippen LogP contribution in [0.4, 0.5) is 5.69 Å². The molecule has 13 aromatic rings. The van der Waals surface area contributed by atoms with E-state index < -0.39 is 0 Å². The average molecular weight is 1010 g/mol. The van der Waals surface area contributed by atoms with Crippen LogP contribution in [0.25, 0.3) is 121 Å². The number of carbonyl (C=O) groups is 2. The molecule has 0 N–H and O–H groups in total. The molecule has 3 nitrogen and oxygen atoms in total. The lowest BCUT2D eigenvalue weighted by Gasteiger charge is -2.32. The van der Waals surface area contributed by atoms with Gasteiger partial charge in [0, 0.05) is 16.5 Å². The predicted molar refractivity (Wildman–Crippen MR) is 331 cm³/mol. The SMILES string of the molecule is CC(C)c1cccc(C(C)C)c1N1C(=O)c2ccc3c4cccc5c(-c6cccc(-c7c(-c8ccccc8)c(-c8ccccc8)c(-c8ccccc8)c(-c8ccccc8)c7-c7ccccc7)c6)ccc(c6ccc(c2c36)C1=O)c54. The van der Waals surface area contributed by atoms with E-state index >= 15 is 9.59 Å². The van der Waals surface area contributed by atoms with Crippen molar-refractivity contribution in [2.75, 3.05) is 4.90 Å². The van der Waals surface area contributed by atoms with Crippen molar-refractivity contribution in [2.45, 2.75) is 39.5 Å². The van der Waals surface area contributed by atoms with Crippen LogP contribution in [0.3, 0.4) is 0 Å². The van der Waals surface area contributed by atoms with Crippen molar-refractivity contribution >= 4 is 60.6 Å². The molecule has 0 spiro atoms. The highest BCUT2D eigenvalue weighted by atomic mass is 16.2. The number of nitrogens with zero attached hydrogens (tertiary/aromatic N) is 1. The van der Waals surface area contributed by atoms with Crippen molar-refractivity contribution in [3.8, 4) is 77.9 Å². The summed E-state index contributed by atoms with van der Waals surface area (Å²) in [5.74, 6) is -0.327. The van der Waals surface area contributed by atoms with Crippen LogP contribution in [0.15, 0.2) is 249 Å². The number of anilines is 1. The van der Waals surface area contributed by atoms with E-state index in [-0.39, 0.29) is 23.7 Å². The van der Waals surface area contributed by atoms with Gasteiger partial charge in [-0.05, 0) is 157 Å². The Kier molecular flexibility index (Phi) is 11.5. The number of benzene rings is 13. The predicted octanol–water partition coefficient (Wildman–Crippen LogP) is 20.5. The molecular weight excluding hydrogens is 959 g/mol. The zero-order chi connectivity index (χ0) is 53.5. The van der Waals surface area contributed by atoms with Crippen molar-refractivity contribution in [1.29, 1.82) is 0 Å². The topological polar surface area (TPSA) is 37.4 Å². The lowest BCUT2D eigenvalue weighted by Crippen LogP contribution is -2.41. The largest absolute Gasteiger partial charge is 0.268 e. The fourth-order valence-corrected chi connectivity index (χ4v) is 13.1. The summed E-state index contributed by atoms with van der Waals surface area (Å²) < 4.78 is 0. The molecule has 376 valence electrons. The third kappa shape index (κ3) is 7.56. The Morgan fingerprint density at radius 3 is 1.00 bits per heavy atom. The molecule has 0 bridgehead atoms. The van der Waals surface area contributed by atoms with Crippen LogP contribution in [0, 0.1) is 0 Å². The molecule has 0 atom stereocenters. The zero-order valence-electron chi connectivity index (χ0n) is 44.6. The fourth-order valence-electron chi connectivity index (χ4n) is 13.1. The van der Waals surface area contributed by atoms with E-state index in [1.807, 2.05) is 18.2 Å². The van der Waals surface area contributed by atoms with E-state index in [4.69, 9.17) is 0 Å². The second-order valence-electron chi connectivity index (χ2n) is 21.7. The molecule has 0 aromatic heterocycles. The Morgan fingerprint density at radius 2 is 0.582 bits per heavy atom. The maximum absolute atomic E-state index is 15.0. The summed E-state index contributed by atoms with van der Waals surface area (Å²) in [4.78, 5) is 31.5. The number of imide groups is 1. The summed E-state index contributed by atoms with van der Waals surface area (Å²) in [6.45, 7) is 8.49. The maximum atomic E-state index is 15.0. The summed E-state index contributed by atoms with van der Waals surface area (Å²) in [5, 5.41) is 8.22. The van der Waals surface area contributed by atoms with Crippen molar-refractivity contribution in [3.63, 3.8) is 0 Å². The highest BCUT2D eigenvalue weighted by molar-refractivity contribution is 6.42. The van der Waals surface area contributed by atoms with Crippen LogP contribution >= 0.6 is 0 Å². The molecule has 1 aliphatic rings. The molecule has 0 radical (unpaired) electrons. The third-order valence-electron chi connectivity index (χ3n) is 16.5. The van der Waals surface area contributed by atoms with Crippen LogP contribution in [0.1, 0.15) is 71.4 Å². The van der Waals surface area contributed by atoms with E-state index in [2.05, 4.69) is 258 Å². The molecule has 3 heteroatoms. The van der Waals surface area contributed by atoms with Gasteiger partial charge < -0.3 is 0 Å². The lowest BCUT2D eigenvalue weighted by atomic mass is 9.74. The highest BCUT2D eigenvalue weighted by Gasteiger charge is 2.38. The molecule has 2 amide bonds. The van der Waals surface area contributed by atoms with Crippen LogP contribution in [-0.4, -0.2) is 11.8 Å². The molecule has 79 heavy (non-hydrogen) atoms. The lowest BCUT2D eigenvalue weighted by molar-refractivity contribution is 0.0893. The Hall–Kier alpha value is -9.70.